The summed E-state index contributed by atoms with van der Waals surface area (Å²) in [5.41, 5.74) is 7.01. The average molecular weight is 312 g/mol. The van der Waals surface area contributed by atoms with Crippen molar-refractivity contribution in [3.8, 4) is 0 Å². The van der Waals surface area contributed by atoms with Crippen LogP contribution in [0, 0.1) is 0 Å². The first-order valence-electron chi connectivity index (χ1n) is 6.85. The van der Waals surface area contributed by atoms with Gasteiger partial charge >= 0.3 is 0 Å². The molecule has 0 atom stereocenters. The van der Waals surface area contributed by atoms with Crippen molar-refractivity contribution in [1.29, 1.82) is 0 Å². The first-order chi connectivity index (χ1) is 9.46. The number of thiocarbonyl (C=S) groups is 1. The molecule has 3 N–H and O–H groups in total. The maximum atomic E-state index is 12.1. The molecule has 1 aliphatic rings. The summed E-state index contributed by atoms with van der Waals surface area (Å²) in [6, 6.07) is 7.13. The highest BCUT2D eigenvalue weighted by Gasteiger charge is 2.20. The molecule has 20 heavy (non-hydrogen) atoms. The van der Waals surface area contributed by atoms with Gasteiger partial charge in [-0.2, -0.15) is 0 Å². The van der Waals surface area contributed by atoms with E-state index in [4.69, 9.17) is 18.0 Å². The van der Waals surface area contributed by atoms with Gasteiger partial charge < -0.3 is 5.73 Å². The van der Waals surface area contributed by atoms with Gasteiger partial charge in [-0.1, -0.05) is 55.7 Å². The number of nitrogens with one attached hydrogen (secondary N) is 1. The minimum atomic E-state index is -3.28. The van der Waals surface area contributed by atoms with Gasteiger partial charge in [0.15, 0.2) is 0 Å². The summed E-state index contributed by atoms with van der Waals surface area (Å²) >= 11 is 4.87. The van der Waals surface area contributed by atoms with Crippen LogP contribution in [0.3, 0.4) is 0 Å². The van der Waals surface area contributed by atoms with Crippen LogP contribution in [-0.2, 0) is 15.8 Å². The lowest BCUT2D eigenvalue weighted by atomic mass is 9.96. The predicted molar refractivity (Wildman–Crippen MR) is 85.0 cm³/mol. The molecule has 2 rings (SSSR count). The Hall–Kier alpha value is -0.980. The zero-order valence-corrected chi connectivity index (χ0v) is 13.0. The van der Waals surface area contributed by atoms with Crippen LogP contribution in [0.15, 0.2) is 24.3 Å². The molecule has 1 aliphatic carbocycles. The van der Waals surface area contributed by atoms with Crippen molar-refractivity contribution in [3.05, 3.63) is 35.4 Å². The van der Waals surface area contributed by atoms with Gasteiger partial charge in [0.2, 0.25) is 10.0 Å². The summed E-state index contributed by atoms with van der Waals surface area (Å²) in [4.78, 5) is 0.319. The number of nitrogens with two attached hydrogens (primary N) is 1. The molecule has 110 valence electrons. The Labute approximate surface area is 125 Å². The fourth-order valence-corrected chi connectivity index (χ4v) is 4.09. The lowest BCUT2D eigenvalue weighted by Gasteiger charge is -2.22. The number of sulfonamides is 1. The molecule has 0 bridgehead atoms. The van der Waals surface area contributed by atoms with Gasteiger partial charge in [-0.15, -0.1) is 0 Å². The molecule has 1 aromatic rings. The second kappa shape index (κ2) is 6.65. The predicted octanol–water partition coefficient (Wildman–Crippen LogP) is 2.07. The summed E-state index contributed by atoms with van der Waals surface area (Å²) in [7, 11) is -3.28. The highest BCUT2D eigenvalue weighted by atomic mass is 32.2. The summed E-state index contributed by atoms with van der Waals surface area (Å²) in [5.74, 6) is 0.00110. The van der Waals surface area contributed by atoms with Crippen LogP contribution < -0.4 is 10.5 Å². The monoisotopic (exact) mass is 312 g/mol. The van der Waals surface area contributed by atoms with Crippen molar-refractivity contribution >= 4 is 27.2 Å². The lowest BCUT2D eigenvalue weighted by Crippen LogP contribution is -2.36. The maximum absolute atomic E-state index is 12.1. The molecule has 0 aliphatic heterocycles. The van der Waals surface area contributed by atoms with Crippen LogP contribution in [0.5, 0.6) is 0 Å². The van der Waals surface area contributed by atoms with Crippen molar-refractivity contribution < 1.29 is 8.42 Å². The van der Waals surface area contributed by atoms with Crippen LogP contribution in [0.2, 0.25) is 0 Å². The fraction of sp³-hybridized carbons (Fsp3) is 0.500. The molecule has 0 heterocycles. The van der Waals surface area contributed by atoms with E-state index in [1.165, 1.54) is 6.42 Å². The standard InChI is InChI=1S/C14H20N2O2S2/c15-14(19)12-8-6-11(7-9-12)10-20(17,18)16-13-4-2-1-3-5-13/h6-9,13,16H,1-5,10H2,(H2,15,19). The maximum Gasteiger partial charge on any atom is 0.216 e. The van der Waals surface area contributed by atoms with E-state index in [0.29, 0.717) is 4.99 Å². The molecule has 1 fully saturated rings. The van der Waals surface area contributed by atoms with Gasteiger partial charge in [0, 0.05) is 11.6 Å². The molecule has 0 saturated heterocycles. The Morgan fingerprint density at radius 3 is 2.35 bits per heavy atom. The average Bonchev–Trinajstić information content (AvgIpc) is 2.39. The number of benzene rings is 1. The van der Waals surface area contributed by atoms with Crippen molar-refractivity contribution in [2.75, 3.05) is 0 Å². The van der Waals surface area contributed by atoms with E-state index < -0.39 is 10.0 Å². The largest absolute Gasteiger partial charge is 0.389 e. The first-order valence-corrected chi connectivity index (χ1v) is 8.91. The number of hydrogen-bond acceptors (Lipinski definition) is 3. The molecule has 6 heteroatoms. The molecule has 1 saturated carbocycles. The third kappa shape index (κ3) is 4.54. The summed E-state index contributed by atoms with van der Waals surface area (Å²) < 4.78 is 27.1. The highest BCUT2D eigenvalue weighted by molar-refractivity contribution is 7.88. The van der Waals surface area contributed by atoms with Gasteiger partial charge in [-0.3, -0.25) is 0 Å². The van der Waals surface area contributed by atoms with Crippen LogP contribution in [0.4, 0.5) is 0 Å². The minimum Gasteiger partial charge on any atom is -0.389 e. The van der Waals surface area contributed by atoms with Crippen LogP contribution >= 0.6 is 12.2 Å². The molecule has 1 aromatic carbocycles. The van der Waals surface area contributed by atoms with E-state index in [0.717, 1.165) is 36.8 Å². The second-order valence-corrected chi connectivity index (χ2v) is 7.47. The molecule has 0 spiro atoms. The van der Waals surface area contributed by atoms with Crippen molar-refractivity contribution in [2.24, 2.45) is 5.73 Å². The third-order valence-corrected chi connectivity index (χ3v) is 5.19. The zero-order valence-electron chi connectivity index (χ0n) is 11.3. The topological polar surface area (TPSA) is 72.2 Å². The van der Waals surface area contributed by atoms with Gasteiger partial charge in [0.1, 0.15) is 4.99 Å². The quantitative estimate of drug-likeness (QED) is 0.817. The number of rotatable bonds is 5. The molecular weight excluding hydrogens is 292 g/mol. The smallest absolute Gasteiger partial charge is 0.216 e. The Balaban J connectivity index is 1.98. The molecule has 0 amide bonds. The zero-order chi connectivity index (χ0) is 14.6. The Morgan fingerprint density at radius 2 is 1.80 bits per heavy atom. The lowest BCUT2D eigenvalue weighted by molar-refractivity contribution is 0.412. The summed E-state index contributed by atoms with van der Waals surface area (Å²) in [6.07, 6.45) is 5.31. The fourth-order valence-electron chi connectivity index (χ4n) is 2.50. The normalized spacial score (nSPS) is 17.0. The third-order valence-electron chi connectivity index (χ3n) is 3.55. The van der Waals surface area contributed by atoms with E-state index in [1.807, 2.05) is 0 Å². The van der Waals surface area contributed by atoms with E-state index in [1.54, 1.807) is 24.3 Å². The SMILES string of the molecule is NC(=S)c1ccc(CS(=O)(=O)NC2CCCCC2)cc1. The van der Waals surface area contributed by atoms with Crippen molar-refractivity contribution in [3.63, 3.8) is 0 Å². The summed E-state index contributed by atoms with van der Waals surface area (Å²) in [6.45, 7) is 0. The van der Waals surface area contributed by atoms with E-state index in [2.05, 4.69) is 4.72 Å². The Bertz CT molecular complexity index is 561. The molecule has 0 radical (unpaired) electrons. The van der Waals surface area contributed by atoms with Gasteiger partial charge in [0.25, 0.3) is 0 Å². The van der Waals surface area contributed by atoms with Gasteiger partial charge in [0.05, 0.1) is 5.75 Å². The Morgan fingerprint density at radius 1 is 1.20 bits per heavy atom. The second-order valence-electron chi connectivity index (χ2n) is 5.27. The molecular formula is C14H20N2O2S2. The minimum absolute atomic E-state index is 0.00110. The van der Waals surface area contributed by atoms with E-state index in [-0.39, 0.29) is 11.8 Å². The van der Waals surface area contributed by atoms with Crippen molar-refractivity contribution in [1.82, 2.24) is 4.72 Å². The molecule has 0 aromatic heterocycles. The Kier molecular flexibility index (Phi) is 5.12. The van der Waals surface area contributed by atoms with Crippen LogP contribution in [0.25, 0.3) is 0 Å². The van der Waals surface area contributed by atoms with E-state index in [9.17, 15) is 8.42 Å². The van der Waals surface area contributed by atoms with Gasteiger partial charge in [-0.25, -0.2) is 13.1 Å². The first kappa shape index (κ1) is 15.4. The highest BCUT2D eigenvalue weighted by Crippen LogP contribution is 2.19. The molecule has 0 unspecified atom stereocenters. The van der Waals surface area contributed by atoms with Crippen LogP contribution in [0.1, 0.15) is 43.2 Å². The van der Waals surface area contributed by atoms with Gasteiger partial charge in [-0.05, 0) is 18.4 Å². The number of hydrogen-bond donors (Lipinski definition) is 2. The van der Waals surface area contributed by atoms with E-state index >= 15 is 0 Å². The van der Waals surface area contributed by atoms with Crippen molar-refractivity contribution in [2.45, 2.75) is 43.9 Å². The summed E-state index contributed by atoms with van der Waals surface area (Å²) in [5, 5.41) is 0. The van der Waals surface area contributed by atoms with Crippen LogP contribution in [-0.4, -0.2) is 19.4 Å². The molecule has 4 nitrogen and oxygen atoms in total.